The number of hydrogen-bond acceptors (Lipinski definition) is 3. The summed E-state index contributed by atoms with van der Waals surface area (Å²) in [6.45, 7) is 0.980. The van der Waals surface area contributed by atoms with E-state index in [-0.39, 0.29) is 11.4 Å². The highest BCUT2D eigenvalue weighted by Crippen LogP contribution is 2.40. The number of benzene rings is 2. The Kier molecular flexibility index (Phi) is 4.22. The third kappa shape index (κ3) is 2.59. The number of aromatic nitrogens is 3. The molecule has 1 aliphatic rings. The maximum absolute atomic E-state index is 13.5. The van der Waals surface area contributed by atoms with Gasteiger partial charge in [-0.25, -0.2) is 9.18 Å². The Morgan fingerprint density at radius 1 is 0.967 bits per heavy atom. The topological polar surface area (TPSA) is 58.2 Å². The Labute approximate surface area is 171 Å². The lowest BCUT2D eigenvalue weighted by atomic mass is 10.0. The third-order valence-electron chi connectivity index (χ3n) is 5.77. The Hall–Kier alpha value is -3.45. The van der Waals surface area contributed by atoms with Gasteiger partial charge in [-0.05, 0) is 23.3 Å². The molecular weight excluding hydrogens is 385 g/mol. The molecule has 0 radical (unpaired) electrons. The van der Waals surface area contributed by atoms with Crippen LogP contribution in [-0.4, -0.2) is 20.3 Å². The molecule has 0 fully saturated rings. The van der Waals surface area contributed by atoms with Crippen LogP contribution in [0, 0.1) is 5.82 Å². The van der Waals surface area contributed by atoms with Crippen LogP contribution in [0.4, 0.5) is 4.39 Å². The molecule has 6 nitrogen and oxygen atoms in total. The minimum absolute atomic E-state index is 0.332. The highest BCUT2D eigenvalue weighted by molar-refractivity contribution is 5.96. The van der Waals surface area contributed by atoms with E-state index in [2.05, 4.69) is 4.57 Å². The van der Waals surface area contributed by atoms with Crippen LogP contribution in [0.5, 0.6) is 0 Å². The number of aryl methyl sites for hydroxylation is 1. The van der Waals surface area contributed by atoms with Crippen molar-refractivity contribution < 1.29 is 9.13 Å². The van der Waals surface area contributed by atoms with Gasteiger partial charge >= 0.3 is 5.69 Å². The molecular formula is C23H20FN3O3. The van der Waals surface area contributed by atoms with Gasteiger partial charge in [0.2, 0.25) is 0 Å². The Balaban J connectivity index is 1.94. The van der Waals surface area contributed by atoms with E-state index < -0.39 is 11.8 Å². The van der Waals surface area contributed by atoms with E-state index in [1.807, 2.05) is 30.3 Å². The van der Waals surface area contributed by atoms with Gasteiger partial charge in [0.1, 0.15) is 11.9 Å². The van der Waals surface area contributed by atoms with Gasteiger partial charge in [-0.15, -0.1) is 0 Å². The molecule has 5 rings (SSSR count). The highest BCUT2D eigenvalue weighted by Gasteiger charge is 2.32. The SMILES string of the molecule is Cn1c(=O)c2c(-c3ccccc3)n3c(c2n(C)c1=O)C(c1ccc(F)cc1)OCC3. The minimum Gasteiger partial charge on any atom is -0.365 e. The third-order valence-corrected chi connectivity index (χ3v) is 5.77. The summed E-state index contributed by atoms with van der Waals surface area (Å²) in [6, 6.07) is 15.8. The summed E-state index contributed by atoms with van der Waals surface area (Å²) in [5, 5.41) is 0.485. The van der Waals surface area contributed by atoms with Gasteiger partial charge in [-0.3, -0.25) is 13.9 Å². The average molecular weight is 405 g/mol. The van der Waals surface area contributed by atoms with Crippen LogP contribution >= 0.6 is 0 Å². The number of rotatable bonds is 2. The quantitative estimate of drug-likeness (QED) is 0.515. The second-order valence-corrected chi connectivity index (χ2v) is 7.48. The summed E-state index contributed by atoms with van der Waals surface area (Å²) in [7, 11) is 3.15. The van der Waals surface area contributed by atoms with Crippen LogP contribution in [0.1, 0.15) is 17.4 Å². The van der Waals surface area contributed by atoms with Gasteiger partial charge in [-0.1, -0.05) is 42.5 Å². The fraction of sp³-hybridized carbons (Fsp3) is 0.217. The van der Waals surface area contributed by atoms with Gasteiger partial charge in [0.05, 0.1) is 28.9 Å². The molecule has 1 atom stereocenters. The summed E-state index contributed by atoms with van der Waals surface area (Å²) < 4.78 is 24.3. The lowest BCUT2D eigenvalue weighted by Crippen LogP contribution is -2.37. The van der Waals surface area contributed by atoms with Crippen molar-refractivity contribution in [3.63, 3.8) is 0 Å². The van der Waals surface area contributed by atoms with Crippen molar-refractivity contribution in [2.75, 3.05) is 6.61 Å². The van der Waals surface area contributed by atoms with Gasteiger partial charge in [0.15, 0.2) is 0 Å². The molecule has 2 aromatic heterocycles. The maximum Gasteiger partial charge on any atom is 0.331 e. The summed E-state index contributed by atoms with van der Waals surface area (Å²) in [4.78, 5) is 26.0. The van der Waals surface area contributed by atoms with Gasteiger partial charge in [0.25, 0.3) is 5.56 Å². The highest BCUT2D eigenvalue weighted by atomic mass is 19.1. The normalized spacial score (nSPS) is 16.0. The predicted octanol–water partition coefficient (Wildman–Crippen LogP) is 2.96. The Morgan fingerprint density at radius 2 is 1.67 bits per heavy atom. The molecule has 0 aliphatic carbocycles. The monoisotopic (exact) mass is 405 g/mol. The average Bonchev–Trinajstić information content (AvgIpc) is 3.13. The number of halogens is 1. The molecule has 0 bridgehead atoms. The Morgan fingerprint density at radius 3 is 2.37 bits per heavy atom. The molecule has 3 heterocycles. The molecule has 1 aliphatic heterocycles. The molecule has 0 saturated carbocycles. The van der Waals surface area contributed by atoms with E-state index in [1.54, 1.807) is 19.2 Å². The first-order valence-electron chi connectivity index (χ1n) is 9.73. The van der Waals surface area contributed by atoms with Crippen molar-refractivity contribution in [1.29, 1.82) is 0 Å². The van der Waals surface area contributed by atoms with Gasteiger partial charge in [0, 0.05) is 20.6 Å². The van der Waals surface area contributed by atoms with Crippen molar-refractivity contribution in [3.8, 4) is 11.3 Å². The van der Waals surface area contributed by atoms with E-state index in [0.29, 0.717) is 24.1 Å². The molecule has 7 heteroatoms. The second kappa shape index (κ2) is 6.81. The van der Waals surface area contributed by atoms with Crippen LogP contribution in [-0.2, 0) is 25.4 Å². The number of ether oxygens (including phenoxy) is 1. The van der Waals surface area contributed by atoms with Crippen molar-refractivity contribution in [2.24, 2.45) is 14.1 Å². The molecule has 152 valence electrons. The lowest BCUT2D eigenvalue weighted by Gasteiger charge is -2.27. The van der Waals surface area contributed by atoms with Crippen LogP contribution in [0.25, 0.3) is 22.2 Å². The maximum atomic E-state index is 13.5. The molecule has 0 amide bonds. The van der Waals surface area contributed by atoms with E-state index in [1.165, 1.54) is 23.7 Å². The van der Waals surface area contributed by atoms with Crippen LogP contribution in [0.2, 0.25) is 0 Å². The van der Waals surface area contributed by atoms with Crippen LogP contribution in [0.15, 0.2) is 64.2 Å². The first-order chi connectivity index (χ1) is 14.5. The van der Waals surface area contributed by atoms with E-state index in [9.17, 15) is 14.0 Å². The van der Waals surface area contributed by atoms with Crippen molar-refractivity contribution in [2.45, 2.75) is 12.6 Å². The van der Waals surface area contributed by atoms with Crippen molar-refractivity contribution in [1.82, 2.24) is 13.7 Å². The largest absolute Gasteiger partial charge is 0.365 e. The zero-order valence-corrected chi connectivity index (χ0v) is 16.6. The molecule has 2 aromatic carbocycles. The van der Waals surface area contributed by atoms with Gasteiger partial charge in [-0.2, -0.15) is 0 Å². The summed E-state index contributed by atoms with van der Waals surface area (Å²) in [5.41, 5.74) is 2.98. The molecule has 1 unspecified atom stereocenters. The minimum atomic E-state index is -0.517. The molecule has 0 spiro atoms. The first kappa shape index (κ1) is 18.6. The Bertz CT molecular complexity index is 1380. The van der Waals surface area contributed by atoms with E-state index in [0.717, 1.165) is 27.1 Å². The lowest BCUT2D eigenvalue weighted by molar-refractivity contribution is 0.0478. The van der Waals surface area contributed by atoms with Crippen LogP contribution < -0.4 is 11.2 Å². The van der Waals surface area contributed by atoms with Gasteiger partial charge < -0.3 is 9.30 Å². The van der Waals surface area contributed by atoms with E-state index >= 15 is 0 Å². The van der Waals surface area contributed by atoms with Crippen molar-refractivity contribution in [3.05, 3.63) is 92.5 Å². The fourth-order valence-electron chi connectivity index (χ4n) is 4.37. The molecule has 0 saturated heterocycles. The number of fused-ring (bicyclic) bond motifs is 3. The zero-order chi connectivity index (χ0) is 21.0. The fourth-order valence-corrected chi connectivity index (χ4v) is 4.37. The summed E-state index contributed by atoms with van der Waals surface area (Å²) >= 11 is 0. The second-order valence-electron chi connectivity index (χ2n) is 7.48. The predicted molar refractivity (Wildman–Crippen MR) is 112 cm³/mol. The zero-order valence-electron chi connectivity index (χ0n) is 16.6. The molecule has 30 heavy (non-hydrogen) atoms. The molecule has 0 N–H and O–H groups in total. The smallest absolute Gasteiger partial charge is 0.331 e. The standard InChI is InChI=1S/C23H20FN3O3/c1-25-19-17(22(28)26(2)23(25)29)18(14-6-4-3-5-7-14)27-12-13-30-21(20(19)27)15-8-10-16(24)11-9-15/h3-11,21H,12-13H2,1-2H3. The van der Waals surface area contributed by atoms with E-state index in [4.69, 9.17) is 4.74 Å². The summed E-state index contributed by atoms with van der Waals surface area (Å²) in [5.74, 6) is -0.332. The van der Waals surface area contributed by atoms with Crippen LogP contribution in [0.3, 0.4) is 0 Å². The van der Waals surface area contributed by atoms with Crippen molar-refractivity contribution >= 4 is 10.9 Å². The molecule has 4 aromatic rings. The summed E-state index contributed by atoms with van der Waals surface area (Å²) in [6.07, 6.45) is -0.517. The first-order valence-corrected chi connectivity index (χ1v) is 9.73. The number of nitrogens with zero attached hydrogens (tertiary/aromatic N) is 3. The number of hydrogen-bond donors (Lipinski definition) is 0.